The summed E-state index contributed by atoms with van der Waals surface area (Å²) in [5.41, 5.74) is 0.560. The summed E-state index contributed by atoms with van der Waals surface area (Å²) in [6.45, 7) is 6.30. The van der Waals surface area contributed by atoms with Crippen molar-refractivity contribution in [3.63, 3.8) is 0 Å². The molecule has 0 spiro atoms. The summed E-state index contributed by atoms with van der Waals surface area (Å²) < 4.78 is 26.9. The molecule has 1 heterocycles. The summed E-state index contributed by atoms with van der Waals surface area (Å²) in [4.78, 5) is 0.227. The molecule has 5 nitrogen and oxygen atoms in total. The topological polar surface area (TPSA) is 74.8 Å². The predicted molar refractivity (Wildman–Crippen MR) is 75.3 cm³/mol. The Morgan fingerprint density at radius 1 is 1.44 bits per heavy atom. The Bertz CT molecular complexity index is 470. The standard InChI is InChI=1S/C11H21N3O2S2/c1-5-11(6-2,17-4)8-13-18(15,16)10-7-12-14-9(10)3/h7,13H,5-6,8H2,1-4H3,(H,12,14). The zero-order valence-electron chi connectivity index (χ0n) is 11.3. The van der Waals surface area contributed by atoms with E-state index < -0.39 is 10.0 Å². The van der Waals surface area contributed by atoms with Crippen molar-refractivity contribution >= 4 is 21.8 Å². The smallest absolute Gasteiger partial charge is 0.243 e. The van der Waals surface area contributed by atoms with Gasteiger partial charge >= 0.3 is 0 Å². The molecule has 1 aromatic heterocycles. The van der Waals surface area contributed by atoms with Crippen LogP contribution in [-0.2, 0) is 10.0 Å². The minimum atomic E-state index is -3.47. The minimum Gasteiger partial charge on any atom is -0.281 e. The number of aromatic nitrogens is 2. The van der Waals surface area contributed by atoms with E-state index in [4.69, 9.17) is 0 Å². The van der Waals surface area contributed by atoms with E-state index >= 15 is 0 Å². The number of hydrogen-bond donors (Lipinski definition) is 2. The summed E-state index contributed by atoms with van der Waals surface area (Å²) in [5, 5.41) is 6.38. The van der Waals surface area contributed by atoms with Gasteiger partial charge in [-0.15, -0.1) is 0 Å². The second-order valence-electron chi connectivity index (χ2n) is 4.28. The molecule has 0 aliphatic rings. The van der Waals surface area contributed by atoms with Crippen LogP contribution < -0.4 is 4.72 Å². The number of thioether (sulfide) groups is 1. The Labute approximate surface area is 113 Å². The first kappa shape index (κ1) is 15.5. The van der Waals surface area contributed by atoms with Crippen molar-refractivity contribution in [1.82, 2.24) is 14.9 Å². The van der Waals surface area contributed by atoms with Gasteiger partial charge in [-0.3, -0.25) is 5.10 Å². The van der Waals surface area contributed by atoms with Crippen LogP contribution in [0.4, 0.5) is 0 Å². The number of nitrogens with one attached hydrogen (secondary N) is 2. The van der Waals surface area contributed by atoms with Gasteiger partial charge in [0.1, 0.15) is 4.90 Å². The number of nitrogens with zero attached hydrogens (tertiary/aromatic N) is 1. The molecule has 1 aromatic rings. The van der Waals surface area contributed by atoms with Crippen molar-refractivity contribution < 1.29 is 8.42 Å². The van der Waals surface area contributed by atoms with Crippen molar-refractivity contribution in [2.45, 2.75) is 43.3 Å². The third-order valence-corrected chi connectivity index (χ3v) is 6.48. The van der Waals surface area contributed by atoms with E-state index in [1.165, 1.54) is 6.20 Å². The quantitative estimate of drug-likeness (QED) is 0.805. The van der Waals surface area contributed by atoms with Crippen LogP contribution in [0.3, 0.4) is 0 Å². The molecular formula is C11H21N3O2S2. The van der Waals surface area contributed by atoms with Gasteiger partial charge in [0.2, 0.25) is 10.0 Å². The molecule has 0 aliphatic heterocycles. The highest BCUT2D eigenvalue weighted by atomic mass is 32.2. The van der Waals surface area contributed by atoms with E-state index in [1.807, 2.05) is 6.26 Å². The molecule has 18 heavy (non-hydrogen) atoms. The number of aromatic amines is 1. The van der Waals surface area contributed by atoms with E-state index in [0.29, 0.717) is 12.2 Å². The zero-order chi connectivity index (χ0) is 13.8. The molecule has 0 saturated heterocycles. The lowest BCUT2D eigenvalue weighted by Gasteiger charge is -2.29. The highest BCUT2D eigenvalue weighted by molar-refractivity contribution is 8.00. The molecule has 0 unspecified atom stereocenters. The highest BCUT2D eigenvalue weighted by Crippen LogP contribution is 2.30. The van der Waals surface area contributed by atoms with Crippen LogP contribution in [0.1, 0.15) is 32.4 Å². The van der Waals surface area contributed by atoms with Gasteiger partial charge in [-0.1, -0.05) is 13.8 Å². The van der Waals surface area contributed by atoms with Crippen LogP contribution in [0, 0.1) is 6.92 Å². The Morgan fingerprint density at radius 3 is 2.44 bits per heavy atom. The molecule has 0 saturated carbocycles. The highest BCUT2D eigenvalue weighted by Gasteiger charge is 2.28. The Kier molecular flexibility index (Phi) is 5.24. The second-order valence-corrected chi connectivity index (χ2v) is 7.29. The SMILES string of the molecule is CCC(CC)(CNS(=O)(=O)c1cn[nH]c1C)SC. The van der Waals surface area contributed by atoms with Crippen molar-refractivity contribution in [2.24, 2.45) is 0 Å². The maximum atomic E-state index is 12.1. The van der Waals surface area contributed by atoms with Crippen LogP contribution in [0.15, 0.2) is 11.1 Å². The van der Waals surface area contributed by atoms with E-state index in [-0.39, 0.29) is 9.64 Å². The zero-order valence-corrected chi connectivity index (χ0v) is 12.9. The summed E-state index contributed by atoms with van der Waals surface area (Å²) >= 11 is 1.71. The first-order valence-corrected chi connectivity index (χ1v) is 8.66. The van der Waals surface area contributed by atoms with Gasteiger partial charge in [-0.05, 0) is 26.0 Å². The van der Waals surface area contributed by atoms with Crippen molar-refractivity contribution in [2.75, 3.05) is 12.8 Å². The molecular weight excluding hydrogens is 270 g/mol. The summed E-state index contributed by atoms with van der Waals surface area (Å²) in [7, 11) is -3.47. The second kappa shape index (κ2) is 6.08. The molecule has 0 amide bonds. The largest absolute Gasteiger partial charge is 0.281 e. The molecule has 104 valence electrons. The third-order valence-electron chi connectivity index (χ3n) is 3.38. The molecule has 0 atom stereocenters. The summed E-state index contributed by atoms with van der Waals surface area (Å²) in [6.07, 6.45) is 5.22. The van der Waals surface area contributed by atoms with E-state index in [1.54, 1.807) is 18.7 Å². The average molecular weight is 291 g/mol. The monoisotopic (exact) mass is 291 g/mol. The van der Waals surface area contributed by atoms with Gasteiger partial charge in [-0.2, -0.15) is 16.9 Å². The fourth-order valence-electron chi connectivity index (χ4n) is 1.78. The van der Waals surface area contributed by atoms with Crippen LogP contribution in [0.2, 0.25) is 0 Å². The maximum Gasteiger partial charge on any atom is 0.243 e. The number of sulfonamides is 1. The van der Waals surface area contributed by atoms with Gasteiger partial charge in [-0.25, -0.2) is 13.1 Å². The Hall–Kier alpha value is -0.530. The van der Waals surface area contributed by atoms with Gasteiger partial charge < -0.3 is 0 Å². The number of aryl methyl sites for hydroxylation is 1. The van der Waals surface area contributed by atoms with E-state index in [9.17, 15) is 8.42 Å². The molecule has 0 aliphatic carbocycles. The molecule has 0 radical (unpaired) electrons. The van der Waals surface area contributed by atoms with Gasteiger partial charge in [0.05, 0.1) is 11.9 Å². The molecule has 0 aromatic carbocycles. The fourth-order valence-corrected chi connectivity index (χ4v) is 3.92. The van der Waals surface area contributed by atoms with Gasteiger partial charge in [0, 0.05) is 11.3 Å². The molecule has 1 rings (SSSR count). The predicted octanol–water partition coefficient (Wildman–Crippen LogP) is 1.92. The van der Waals surface area contributed by atoms with Crippen molar-refractivity contribution in [3.8, 4) is 0 Å². The number of H-pyrrole nitrogens is 1. The van der Waals surface area contributed by atoms with Crippen molar-refractivity contribution in [3.05, 3.63) is 11.9 Å². The van der Waals surface area contributed by atoms with E-state index in [0.717, 1.165) is 12.8 Å². The minimum absolute atomic E-state index is 0.0370. The molecule has 0 bridgehead atoms. The first-order chi connectivity index (χ1) is 8.40. The van der Waals surface area contributed by atoms with Crippen LogP contribution in [0.5, 0.6) is 0 Å². The van der Waals surface area contributed by atoms with Crippen LogP contribution in [0.25, 0.3) is 0 Å². The number of hydrogen-bond acceptors (Lipinski definition) is 4. The lowest BCUT2D eigenvalue weighted by atomic mass is 10.0. The lowest BCUT2D eigenvalue weighted by Crippen LogP contribution is -2.39. The fraction of sp³-hybridized carbons (Fsp3) is 0.727. The van der Waals surface area contributed by atoms with Crippen LogP contribution in [-0.4, -0.2) is 36.2 Å². The lowest BCUT2D eigenvalue weighted by molar-refractivity contribution is 0.522. The van der Waals surface area contributed by atoms with Crippen molar-refractivity contribution in [1.29, 1.82) is 0 Å². The molecule has 7 heteroatoms. The normalized spacial score (nSPS) is 12.9. The summed E-state index contributed by atoms with van der Waals surface area (Å²) in [6, 6.07) is 0. The molecule has 2 N–H and O–H groups in total. The Morgan fingerprint density at radius 2 is 2.06 bits per heavy atom. The van der Waals surface area contributed by atoms with Gasteiger partial charge in [0.15, 0.2) is 0 Å². The Balaban J connectivity index is 2.83. The van der Waals surface area contributed by atoms with E-state index in [2.05, 4.69) is 28.8 Å². The first-order valence-electron chi connectivity index (χ1n) is 5.95. The third kappa shape index (κ3) is 3.27. The van der Waals surface area contributed by atoms with Gasteiger partial charge in [0.25, 0.3) is 0 Å². The maximum absolute atomic E-state index is 12.1. The van der Waals surface area contributed by atoms with Crippen LogP contribution >= 0.6 is 11.8 Å². The molecule has 0 fully saturated rings. The average Bonchev–Trinajstić information content (AvgIpc) is 2.79. The summed E-state index contributed by atoms with van der Waals surface area (Å²) in [5.74, 6) is 0. The number of rotatable bonds is 7.